The summed E-state index contributed by atoms with van der Waals surface area (Å²) in [5.74, 6) is -0.309. The van der Waals surface area contributed by atoms with Gasteiger partial charge in [-0.1, -0.05) is 6.92 Å². The van der Waals surface area contributed by atoms with Crippen molar-refractivity contribution in [2.24, 2.45) is 0 Å². The summed E-state index contributed by atoms with van der Waals surface area (Å²) in [7, 11) is 1.47. The average molecular weight is 175 g/mol. The van der Waals surface area contributed by atoms with E-state index in [1.165, 1.54) is 7.11 Å². The lowest BCUT2D eigenvalue weighted by Crippen LogP contribution is -2.23. The average Bonchev–Trinajstić information content (AvgIpc) is 2.05. The highest BCUT2D eigenvalue weighted by molar-refractivity contribution is 5.70. The standard InChI is InChI=1S/C8H17NO3/c1-3-4-9-5-6-12-8(10)7-11-2/h9H,3-7H2,1-2H3. The van der Waals surface area contributed by atoms with Crippen LogP contribution in [0, 0.1) is 0 Å². The molecule has 0 aromatic rings. The highest BCUT2D eigenvalue weighted by atomic mass is 16.6. The van der Waals surface area contributed by atoms with E-state index in [0.29, 0.717) is 13.2 Å². The molecular formula is C8H17NO3. The monoisotopic (exact) mass is 175 g/mol. The Bertz CT molecular complexity index is 117. The Hall–Kier alpha value is -0.610. The van der Waals surface area contributed by atoms with E-state index in [-0.39, 0.29) is 12.6 Å². The van der Waals surface area contributed by atoms with Gasteiger partial charge in [0.1, 0.15) is 13.2 Å². The predicted molar refractivity (Wildman–Crippen MR) is 46.0 cm³/mol. The molecule has 72 valence electrons. The Balaban J connectivity index is 3.03. The third kappa shape index (κ3) is 7.50. The normalized spacial score (nSPS) is 9.83. The Labute approximate surface area is 73.2 Å². The highest BCUT2D eigenvalue weighted by Gasteiger charge is 1.99. The summed E-state index contributed by atoms with van der Waals surface area (Å²) in [6, 6.07) is 0. The number of carbonyl (C=O) groups is 1. The van der Waals surface area contributed by atoms with Gasteiger partial charge in [0.15, 0.2) is 0 Å². The zero-order valence-electron chi connectivity index (χ0n) is 7.76. The zero-order chi connectivity index (χ0) is 9.23. The zero-order valence-corrected chi connectivity index (χ0v) is 7.76. The molecule has 0 aromatic carbocycles. The first-order chi connectivity index (χ1) is 5.81. The smallest absolute Gasteiger partial charge is 0.332 e. The van der Waals surface area contributed by atoms with E-state index in [0.717, 1.165) is 13.0 Å². The van der Waals surface area contributed by atoms with Crippen LogP contribution >= 0.6 is 0 Å². The van der Waals surface area contributed by atoms with Crippen LogP contribution in [0.3, 0.4) is 0 Å². The minimum absolute atomic E-state index is 0.0355. The molecule has 0 amide bonds. The van der Waals surface area contributed by atoms with Crippen LogP contribution in [-0.2, 0) is 14.3 Å². The molecule has 0 saturated heterocycles. The summed E-state index contributed by atoms with van der Waals surface area (Å²) >= 11 is 0. The van der Waals surface area contributed by atoms with Gasteiger partial charge in [0, 0.05) is 13.7 Å². The summed E-state index contributed by atoms with van der Waals surface area (Å²) in [4.78, 5) is 10.7. The Morgan fingerprint density at radius 3 is 2.75 bits per heavy atom. The van der Waals surface area contributed by atoms with E-state index in [1.54, 1.807) is 0 Å². The minimum atomic E-state index is -0.309. The molecule has 0 radical (unpaired) electrons. The van der Waals surface area contributed by atoms with Crippen molar-refractivity contribution in [2.45, 2.75) is 13.3 Å². The van der Waals surface area contributed by atoms with Crippen molar-refractivity contribution in [3.63, 3.8) is 0 Å². The van der Waals surface area contributed by atoms with Crippen LogP contribution in [0.2, 0.25) is 0 Å². The van der Waals surface area contributed by atoms with Crippen LogP contribution in [0.1, 0.15) is 13.3 Å². The van der Waals surface area contributed by atoms with Crippen molar-refractivity contribution < 1.29 is 14.3 Å². The van der Waals surface area contributed by atoms with Gasteiger partial charge in [0.2, 0.25) is 0 Å². The minimum Gasteiger partial charge on any atom is -0.463 e. The topological polar surface area (TPSA) is 47.6 Å². The maximum atomic E-state index is 10.7. The summed E-state index contributed by atoms with van der Waals surface area (Å²) in [5, 5.41) is 3.11. The van der Waals surface area contributed by atoms with Crippen LogP contribution in [0.15, 0.2) is 0 Å². The fourth-order valence-electron chi connectivity index (χ4n) is 0.698. The van der Waals surface area contributed by atoms with Gasteiger partial charge in [-0.2, -0.15) is 0 Å². The number of hydrogen-bond acceptors (Lipinski definition) is 4. The van der Waals surface area contributed by atoms with E-state index in [1.807, 2.05) is 0 Å². The second-order valence-electron chi connectivity index (χ2n) is 2.40. The lowest BCUT2D eigenvalue weighted by atomic mass is 10.5. The molecule has 0 aliphatic carbocycles. The quantitative estimate of drug-likeness (QED) is 0.443. The van der Waals surface area contributed by atoms with Crippen molar-refractivity contribution >= 4 is 5.97 Å². The second kappa shape index (κ2) is 8.49. The van der Waals surface area contributed by atoms with Crippen LogP contribution in [0.5, 0.6) is 0 Å². The fourth-order valence-corrected chi connectivity index (χ4v) is 0.698. The maximum absolute atomic E-state index is 10.7. The van der Waals surface area contributed by atoms with Crippen LogP contribution in [0.4, 0.5) is 0 Å². The summed E-state index contributed by atoms with van der Waals surface area (Å²) in [6.07, 6.45) is 1.09. The first-order valence-corrected chi connectivity index (χ1v) is 4.16. The Morgan fingerprint density at radius 2 is 2.17 bits per heavy atom. The molecule has 0 fully saturated rings. The van der Waals surface area contributed by atoms with E-state index in [4.69, 9.17) is 4.74 Å². The molecule has 0 rings (SSSR count). The highest BCUT2D eigenvalue weighted by Crippen LogP contribution is 1.78. The SMILES string of the molecule is CCCNCCOC(=O)COC. The molecule has 12 heavy (non-hydrogen) atoms. The van der Waals surface area contributed by atoms with Gasteiger partial charge < -0.3 is 14.8 Å². The largest absolute Gasteiger partial charge is 0.463 e. The van der Waals surface area contributed by atoms with E-state index < -0.39 is 0 Å². The summed E-state index contributed by atoms with van der Waals surface area (Å²) in [6.45, 7) is 4.21. The van der Waals surface area contributed by atoms with Crippen LogP contribution < -0.4 is 5.32 Å². The van der Waals surface area contributed by atoms with Crippen molar-refractivity contribution in [1.82, 2.24) is 5.32 Å². The molecule has 0 spiro atoms. The molecule has 0 aliphatic rings. The molecule has 0 unspecified atom stereocenters. The fraction of sp³-hybridized carbons (Fsp3) is 0.875. The third-order valence-corrected chi connectivity index (χ3v) is 1.23. The van der Waals surface area contributed by atoms with Crippen molar-refractivity contribution in [2.75, 3.05) is 33.4 Å². The van der Waals surface area contributed by atoms with Crippen molar-refractivity contribution in [1.29, 1.82) is 0 Å². The van der Waals surface area contributed by atoms with Gasteiger partial charge >= 0.3 is 5.97 Å². The number of esters is 1. The predicted octanol–water partition coefficient (Wildman–Crippen LogP) is 0.176. The van der Waals surface area contributed by atoms with Gasteiger partial charge in [0.25, 0.3) is 0 Å². The first-order valence-electron chi connectivity index (χ1n) is 4.16. The molecule has 4 heteroatoms. The maximum Gasteiger partial charge on any atom is 0.332 e. The summed E-state index contributed by atoms with van der Waals surface area (Å²) < 4.78 is 9.39. The number of hydrogen-bond donors (Lipinski definition) is 1. The lowest BCUT2D eigenvalue weighted by Gasteiger charge is -2.04. The molecular weight excluding hydrogens is 158 g/mol. The molecule has 0 aromatic heterocycles. The number of rotatable bonds is 7. The number of nitrogens with one attached hydrogen (secondary N) is 1. The van der Waals surface area contributed by atoms with Crippen LogP contribution in [-0.4, -0.2) is 39.4 Å². The molecule has 0 atom stereocenters. The number of methoxy groups -OCH3 is 1. The second-order valence-corrected chi connectivity index (χ2v) is 2.40. The molecule has 0 bridgehead atoms. The van der Waals surface area contributed by atoms with Gasteiger partial charge in [-0.15, -0.1) is 0 Å². The number of ether oxygens (including phenoxy) is 2. The Morgan fingerprint density at radius 1 is 1.42 bits per heavy atom. The third-order valence-electron chi connectivity index (χ3n) is 1.23. The Kier molecular flexibility index (Phi) is 8.05. The van der Waals surface area contributed by atoms with E-state index in [9.17, 15) is 4.79 Å². The van der Waals surface area contributed by atoms with Gasteiger partial charge in [0.05, 0.1) is 0 Å². The lowest BCUT2D eigenvalue weighted by molar-refractivity contribution is -0.147. The van der Waals surface area contributed by atoms with Crippen molar-refractivity contribution in [3.05, 3.63) is 0 Å². The van der Waals surface area contributed by atoms with E-state index in [2.05, 4.69) is 17.0 Å². The van der Waals surface area contributed by atoms with Gasteiger partial charge in [-0.25, -0.2) is 4.79 Å². The molecule has 0 aliphatic heterocycles. The van der Waals surface area contributed by atoms with Gasteiger partial charge in [-0.05, 0) is 13.0 Å². The van der Waals surface area contributed by atoms with Crippen LogP contribution in [0.25, 0.3) is 0 Å². The number of carbonyl (C=O) groups excluding carboxylic acids is 1. The van der Waals surface area contributed by atoms with Crippen molar-refractivity contribution in [3.8, 4) is 0 Å². The molecule has 0 heterocycles. The van der Waals surface area contributed by atoms with E-state index >= 15 is 0 Å². The molecule has 1 N–H and O–H groups in total. The summed E-state index contributed by atoms with van der Waals surface area (Å²) in [5.41, 5.74) is 0. The first kappa shape index (κ1) is 11.4. The molecule has 4 nitrogen and oxygen atoms in total. The van der Waals surface area contributed by atoms with Gasteiger partial charge in [-0.3, -0.25) is 0 Å². The molecule has 0 saturated carbocycles.